The molecule has 2 aliphatic heterocycles. The SMILES string of the molecule is CNCc1cc(O)cc(C23CCCC45CC(=O)C(C(CC(O)C6OC6(C)C6CCCC6c6cccc(N)c6)C6CCCC(CO)C6)=C4CCC4C(C)(C2)C2C(CC45C)NCC(C)(O)CCCCC2(C)C3=O)c1. The molecule has 10 nitrogen and oxygen atoms in total. The van der Waals surface area contributed by atoms with Crippen molar-refractivity contribution >= 4 is 17.3 Å². The number of fused-ring (bicyclic) bond motifs is 1. The molecule has 2 heterocycles. The van der Waals surface area contributed by atoms with Crippen LogP contribution in [0, 0.1) is 57.2 Å². The van der Waals surface area contributed by atoms with Crippen LogP contribution >= 0.6 is 0 Å². The highest BCUT2D eigenvalue weighted by atomic mass is 16.6. The Kier molecular flexibility index (Phi) is 13.0. The van der Waals surface area contributed by atoms with Gasteiger partial charge in [-0.25, -0.2) is 0 Å². The van der Waals surface area contributed by atoms with Crippen molar-refractivity contribution in [2.24, 2.45) is 57.2 Å². The number of hydrogen-bond acceptors (Lipinski definition) is 10. The lowest BCUT2D eigenvalue weighted by Gasteiger charge is -2.72. The number of carbonyl (C=O) groups is 2. The summed E-state index contributed by atoms with van der Waals surface area (Å²) in [4.78, 5) is 32.2. The van der Waals surface area contributed by atoms with Crippen molar-refractivity contribution in [3.8, 4) is 5.75 Å². The van der Waals surface area contributed by atoms with Crippen molar-refractivity contribution in [2.45, 2.75) is 210 Å². The number of benzene rings is 2. The number of hydrogen-bond donors (Lipinski definition) is 7. The number of aromatic hydroxyl groups is 1. The molecule has 8 fully saturated rings. The lowest BCUT2D eigenvalue weighted by Crippen LogP contribution is -2.72. The van der Waals surface area contributed by atoms with E-state index in [2.05, 4.69) is 56.5 Å². The number of phenolic OH excluding ortho intramolecular Hbond substituents is 1. The number of ketones is 2. The maximum atomic E-state index is 16.4. The molecule has 2 saturated heterocycles. The Bertz CT molecular complexity index is 2470. The number of phenols is 1. The van der Waals surface area contributed by atoms with E-state index in [9.17, 15) is 20.4 Å². The lowest BCUT2D eigenvalue weighted by atomic mass is 9.32. The molecule has 394 valence electrons. The molecule has 6 saturated carbocycles. The first-order valence-corrected chi connectivity index (χ1v) is 28.8. The van der Waals surface area contributed by atoms with Gasteiger partial charge in [-0.3, -0.25) is 9.59 Å². The first-order chi connectivity index (χ1) is 34.3. The van der Waals surface area contributed by atoms with Crippen molar-refractivity contribution in [1.82, 2.24) is 10.6 Å². The number of carbonyl (C=O) groups excluding carboxylic acids is 2. The standard InChI is InChI=1S/C62H89N3O7/c1-56(71)21-7-8-22-57(2)53-48(65-36-56)31-59(4)51-20-19-47-52(50(69)32-62(47,59)24-12-23-61(55(57)70,35-58(51,53)3)41-26-38(33-64-6)27-43(67)29-41)45(39-14-9-13-37(25-39)34-66)30-49(68)54-60(5,72-54)46-18-11-17-44(46)40-15-10-16-42(63)28-40/h10,15-16,26-29,37,39,44-46,48-49,51,53-54,64-68,71H,7-9,11-14,17-25,30-36,63H2,1-6H3. The fraction of sp³-hybridized carbons (Fsp3) is 0.742. The third kappa shape index (κ3) is 7.88. The van der Waals surface area contributed by atoms with Crippen LogP contribution in [0.5, 0.6) is 5.75 Å². The monoisotopic (exact) mass is 988 g/mol. The van der Waals surface area contributed by atoms with Crippen molar-refractivity contribution < 1.29 is 34.8 Å². The number of anilines is 1. The van der Waals surface area contributed by atoms with Gasteiger partial charge in [0.1, 0.15) is 17.6 Å². The molecule has 0 amide bonds. The highest BCUT2D eigenvalue weighted by Crippen LogP contribution is 2.78. The summed E-state index contributed by atoms with van der Waals surface area (Å²) in [5.74, 6) is 1.81. The zero-order valence-electron chi connectivity index (χ0n) is 44.7. The summed E-state index contributed by atoms with van der Waals surface area (Å²) in [6.45, 7) is 12.7. The molecule has 2 aromatic rings. The van der Waals surface area contributed by atoms with E-state index in [1.165, 1.54) is 11.1 Å². The van der Waals surface area contributed by atoms with E-state index in [1.807, 2.05) is 38.2 Å². The minimum absolute atomic E-state index is 0.0241. The molecule has 5 bridgehead atoms. The highest BCUT2D eigenvalue weighted by Gasteiger charge is 2.76. The molecule has 8 N–H and O–H groups in total. The molecule has 10 heteroatoms. The number of Topliss-reactive ketones (excluding diaryl/α,β-unsaturated/α-hetero) is 2. The molecular formula is C62H89N3O7. The summed E-state index contributed by atoms with van der Waals surface area (Å²) in [6.07, 6.45) is 15.6. The summed E-state index contributed by atoms with van der Waals surface area (Å²) in [5.41, 5.74) is 8.72. The van der Waals surface area contributed by atoms with Gasteiger partial charge >= 0.3 is 0 Å². The van der Waals surface area contributed by atoms with Crippen LogP contribution in [0.1, 0.15) is 186 Å². The van der Waals surface area contributed by atoms with Crippen molar-refractivity contribution in [3.63, 3.8) is 0 Å². The van der Waals surface area contributed by atoms with Crippen LogP contribution in [0.25, 0.3) is 0 Å². The van der Waals surface area contributed by atoms with Gasteiger partial charge in [-0.1, -0.05) is 76.6 Å². The van der Waals surface area contributed by atoms with Gasteiger partial charge in [0.25, 0.3) is 0 Å². The predicted octanol–water partition coefficient (Wildman–Crippen LogP) is 9.98. The fourth-order valence-corrected chi connectivity index (χ4v) is 20.2. The van der Waals surface area contributed by atoms with Gasteiger partial charge < -0.3 is 41.5 Å². The Labute approximate surface area is 430 Å². The molecule has 17 atom stereocenters. The number of aliphatic hydroxyl groups is 3. The zero-order chi connectivity index (χ0) is 50.8. The smallest absolute Gasteiger partial charge is 0.160 e. The quantitative estimate of drug-likeness (QED) is 0.0847. The summed E-state index contributed by atoms with van der Waals surface area (Å²) >= 11 is 0. The fourth-order valence-electron chi connectivity index (χ4n) is 20.2. The van der Waals surface area contributed by atoms with E-state index < -0.39 is 33.6 Å². The van der Waals surface area contributed by atoms with Gasteiger partial charge in [-0.05, 0) is 210 Å². The van der Waals surface area contributed by atoms with Crippen molar-refractivity contribution in [2.75, 3.05) is 25.9 Å². The van der Waals surface area contributed by atoms with Crippen LogP contribution < -0.4 is 16.4 Å². The third-order valence-electron chi connectivity index (χ3n) is 23.0. The first kappa shape index (κ1) is 51.0. The van der Waals surface area contributed by atoms with Gasteiger partial charge in [-0.2, -0.15) is 0 Å². The minimum atomic E-state index is -0.884. The highest BCUT2D eigenvalue weighted by molar-refractivity contribution is 6.01. The summed E-state index contributed by atoms with van der Waals surface area (Å²) in [7, 11) is 1.92. The summed E-state index contributed by atoms with van der Waals surface area (Å²) in [5, 5.41) is 54.1. The van der Waals surface area contributed by atoms with E-state index in [-0.39, 0.29) is 76.6 Å². The summed E-state index contributed by atoms with van der Waals surface area (Å²) < 4.78 is 6.76. The number of epoxide rings is 1. The minimum Gasteiger partial charge on any atom is -0.508 e. The van der Waals surface area contributed by atoms with Crippen LogP contribution in [0.2, 0.25) is 0 Å². The van der Waals surface area contributed by atoms with Gasteiger partial charge in [0.2, 0.25) is 0 Å². The van der Waals surface area contributed by atoms with E-state index in [4.69, 9.17) is 10.5 Å². The predicted molar refractivity (Wildman–Crippen MR) is 282 cm³/mol. The van der Waals surface area contributed by atoms with E-state index >= 15 is 9.59 Å². The Morgan fingerprint density at radius 2 is 1.71 bits per heavy atom. The van der Waals surface area contributed by atoms with Gasteiger partial charge in [0.05, 0.1) is 22.7 Å². The lowest BCUT2D eigenvalue weighted by molar-refractivity contribution is -0.206. The van der Waals surface area contributed by atoms with Gasteiger partial charge in [0, 0.05) is 48.7 Å². The van der Waals surface area contributed by atoms with Crippen molar-refractivity contribution in [3.05, 3.63) is 70.3 Å². The molecule has 1 spiro atoms. The maximum absolute atomic E-state index is 16.4. The maximum Gasteiger partial charge on any atom is 0.160 e. The molecule has 9 aliphatic rings. The number of β-amino-alcohol motifs (C(OH)–C–C–N with tert-alkyl or cyclic N) is 1. The van der Waals surface area contributed by atoms with Crippen LogP contribution in [-0.2, 0) is 26.3 Å². The van der Waals surface area contributed by atoms with Crippen LogP contribution in [-0.4, -0.2) is 81.6 Å². The van der Waals surface area contributed by atoms with Crippen LogP contribution in [0.3, 0.4) is 0 Å². The molecule has 0 aromatic heterocycles. The molecule has 72 heavy (non-hydrogen) atoms. The Morgan fingerprint density at radius 1 is 0.917 bits per heavy atom. The molecular weight excluding hydrogens is 899 g/mol. The molecule has 0 radical (unpaired) electrons. The number of ether oxygens (including phenoxy) is 1. The summed E-state index contributed by atoms with van der Waals surface area (Å²) in [6, 6.07) is 14.2. The largest absolute Gasteiger partial charge is 0.508 e. The normalized spacial score (nSPS) is 44.7. The topological polar surface area (TPSA) is 178 Å². The van der Waals surface area contributed by atoms with Crippen LogP contribution in [0.15, 0.2) is 53.6 Å². The second-order valence-corrected chi connectivity index (χ2v) is 27.2. The number of aliphatic hydroxyl groups excluding tert-OH is 2. The number of nitrogens with two attached hydrogens (primary N) is 1. The second kappa shape index (κ2) is 18.3. The van der Waals surface area contributed by atoms with Crippen LogP contribution in [0.4, 0.5) is 5.69 Å². The number of nitrogens with one attached hydrogen (secondary N) is 2. The second-order valence-electron chi connectivity index (χ2n) is 27.2. The number of allylic oxidation sites excluding steroid dienone is 2. The zero-order valence-corrected chi connectivity index (χ0v) is 44.7. The molecule has 17 unspecified atom stereocenters. The Balaban J connectivity index is 1.03. The van der Waals surface area contributed by atoms with Gasteiger partial charge in [-0.15, -0.1) is 0 Å². The molecule has 11 rings (SSSR count). The van der Waals surface area contributed by atoms with Crippen molar-refractivity contribution in [1.29, 1.82) is 0 Å². The van der Waals surface area contributed by atoms with Gasteiger partial charge in [0.15, 0.2) is 5.78 Å². The van der Waals surface area contributed by atoms with E-state index in [0.29, 0.717) is 56.9 Å². The van der Waals surface area contributed by atoms with E-state index in [0.717, 1.165) is 119 Å². The Morgan fingerprint density at radius 3 is 2.49 bits per heavy atom. The average molecular weight is 988 g/mol. The number of nitrogen functional groups attached to an aromatic ring is 1. The average Bonchev–Trinajstić information content (AvgIpc) is 3.62. The number of rotatable bonds is 11. The molecule has 2 aromatic carbocycles. The van der Waals surface area contributed by atoms with E-state index in [1.54, 1.807) is 0 Å². The first-order valence-electron chi connectivity index (χ1n) is 28.8. The molecule has 7 aliphatic carbocycles. The Hall–Kier alpha value is -3.12. The third-order valence-corrected chi connectivity index (χ3v) is 23.0.